The number of hydrogen-bond acceptors (Lipinski definition) is 4. The lowest BCUT2D eigenvalue weighted by atomic mass is 9.49. The quantitative estimate of drug-likeness (QED) is 0.766. The monoisotopic (exact) mass is 406 g/mol. The van der Waals surface area contributed by atoms with E-state index in [1.54, 1.807) is 11.6 Å². The molecule has 4 aliphatic carbocycles. The largest absolute Gasteiger partial charge is 0.294 e. The van der Waals surface area contributed by atoms with Gasteiger partial charge in [-0.3, -0.25) is 25.2 Å². The van der Waals surface area contributed by atoms with Gasteiger partial charge < -0.3 is 0 Å². The van der Waals surface area contributed by atoms with Crippen LogP contribution >= 0.6 is 0 Å². The molecule has 156 valence electrons. The summed E-state index contributed by atoms with van der Waals surface area (Å²) in [5, 5.41) is 4.25. The molecule has 7 heteroatoms. The van der Waals surface area contributed by atoms with Gasteiger partial charge in [-0.2, -0.15) is 5.10 Å². The van der Waals surface area contributed by atoms with E-state index in [0.717, 1.165) is 24.9 Å². The third-order valence-electron chi connectivity index (χ3n) is 7.13. The van der Waals surface area contributed by atoms with Gasteiger partial charge in [0.05, 0.1) is 11.1 Å². The first-order chi connectivity index (χ1) is 14.4. The van der Waals surface area contributed by atoms with Crippen molar-refractivity contribution in [1.82, 2.24) is 20.6 Å². The molecule has 4 fully saturated rings. The molecule has 4 saturated carbocycles. The van der Waals surface area contributed by atoms with Gasteiger partial charge in [0.15, 0.2) is 5.69 Å². The summed E-state index contributed by atoms with van der Waals surface area (Å²) >= 11 is 0. The van der Waals surface area contributed by atoms with Gasteiger partial charge in [0.25, 0.3) is 5.91 Å². The van der Waals surface area contributed by atoms with Gasteiger partial charge in [-0.05, 0) is 75.3 Å². The molecular formula is C23H26N4O3. The molecule has 0 spiro atoms. The van der Waals surface area contributed by atoms with Crippen LogP contribution in [-0.2, 0) is 4.79 Å². The van der Waals surface area contributed by atoms with Crippen LogP contribution in [-0.4, -0.2) is 21.6 Å². The van der Waals surface area contributed by atoms with Crippen molar-refractivity contribution in [3.05, 3.63) is 58.0 Å². The summed E-state index contributed by atoms with van der Waals surface area (Å²) in [7, 11) is 0. The molecule has 1 heterocycles. The molecule has 7 nitrogen and oxygen atoms in total. The minimum atomic E-state index is -0.692. The molecule has 0 atom stereocenters. The summed E-state index contributed by atoms with van der Waals surface area (Å²) in [6, 6.07) is 10.7. The van der Waals surface area contributed by atoms with Crippen LogP contribution in [0.2, 0.25) is 0 Å². The Morgan fingerprint density at radius 2 is 1.60 bits per heavy atom. The number of nitrogens with one attached hydrogen (secondary N) is 2. The zero-order valence-electron chi connectivity index (χ0n) is 17.1. The molecule has 0 unspecified atom stereocenters. The Morgan fingerprint density at radius 3 is 2.20 bits per heavy atom. The highest BCUT2D eigenvalue weighted by Gasteiger charge is 2.54. The Balaban J connectivity index is 1.33. The molecule has 0 saturated heterocycles. The van der Waals surface area contributed by atoms with Crippen LogP contribution in [0.25, 0.3) is 5.69 Å². The van der Waals surface area contributed by atoms with Crippen LogP contribution in [0.3, 0.4) is 0 Å². The number of benzene rings is 1. The van der Waals surface area contributed by atoms with E-state index in [1.807, 2.05) is 30.3 Å². The molecule has 2 amide bonds. The predicted molar refractivity (Wildman–Crippen MR) is 111 cm³/mol. The van der Waals surface area contributed by atoms with E-state index in [4.69, 9.17) is 0 Å². The molecule has 4 bridgehead atoms. The van der Waals surface area contributed by atoms with E-state index in [2.05, 4.69) is 16.0 Å². The lowest BCUT2D eigenvalue weighted by Crippen LogP contribution is -2.57. The smallest absolute Gasteiger partial charge is 0.287 e. The number of aryl methyl sites for hydroxylation is 1. The van der Waals surface area contributed by atoms with Gasteiger partial charge >= 0.3 is 0 Å². The fourth-order valence-corrected chi connectivity index (χ4v) is 6.23. The van der Waals surface area contributed by atoms with Gasteiger partial charge in [0.2, 0.25) is 11.3 Å². The summed E-state index contributed by atoms with van der Waals surface area (Å²) in [4.78, 5) is 38.1. The van der Waals surface area contributed by atoms with Crippen LogP contribution < -0.4 is 16.3 Å². The van der Waals surface area contributed by atoms with Gasteiger partial charge in [-0.15, -0.1) is 0 Å². The highest BCUT2D eigenvalue weighted by Crippen LogP contribution is 2.60. The number of para-hydroxylation sites is 1. The average Bonchev–Trinajstić information content (AvgIpc) is 2.71. The molecule has 6 rings (SSSR count). The SMILES string of the molecule is Cc1cc(=O)c(C(=O)NNC(=O)C23CC4CC(CC(C4)C2)C3)nn1-c1ccccc1. The first-order valence-corrected chi connectivity index (χ1v) is 10.7. The van der Waals surface area contributed by atoms with E-state index >= 15 is 0 Å². The first-order valence-electron chi connectivity index (χ1n) is 10.7. The molecule has 1 aromatic carbocycles. The molecule has 1 aromatic heterocycles. The Hall–Kier alpha value is -2.96. The Kier molecular flexibility index (Phi) is 4.49. The minimum Gasteiger partial charge on any atom is -0.287 e. The third kappa shape index (κ3) is 3.22. The number of hydrogen-bond donors (Lipinski definition) is 2. The summed E-state index contributed by atoms with van der Waals surface area (Å²) in [5.74, 6) is 1.09. The number of hydrazine groups is 1. The number of rotatable bonds is 3. The number of carbonyl (C=O) groups excluding carboxylic acids is 2. The van der Waals surface area contributed by atoms with Crippen molar-refractivity contribution in [2.45, 2.75) is 45.4 Å². The number of amides is 2. The van der Waals surface area contributed by atoms with Crippen molar-refractivity contribution in [2.24, 2.45) is 23.2 Å². The van der Waals surface area contributed by atoms with Crippen molar-refractivity contribution < 1.29 is 9.59 Å². The van der Waals surface area contributed by atoms with E-state index < -0.39 is 11.3 Å². The molecule has 2 aromatic rings. The maximum atomic E-state index is 13.0. The molecule has 4 aliphatic rings. The minimum absolute atomic E-state index is 0.120. The van der Waals surface area contributed by atoms with Crippen LogP contribution in [0, 0.1) is 30.1 Å². The second kappa shape index (κ2) is 7.07. The standard InChI is InChI=1S/C23H26N4O3/c1-14-7-19(28)20(26-27(14)18-5-3-2-4-6-18)21(29)24-25-22(30)23-11-15-8-16(12-23)10-17(9-15)13-23/h2-7,15-17H,8-13H2,1H3,(H,24,29)(H,25,30). The highest BCUT2D eigenvalue weighted by molar-refractivity contribution is 5.94. The fourth-order valence-electron chi connectivity index (χ4n) is 6.23. The normalized spacial score (nSPS) is 28.9. The lowest BCUT2D eigenvalue weighted by molar-refractivity contribution is -0.147. The Bertz CT molecular complexity index is 1020. The molecule has 0 aliphatic heterocycles. The highest BCUT2D eigenvalue weighted by atomic mass is 16.2. The van der Waals surface area contributed by atoms with Gasteiger partial charge in [0, 0.05) is 11.8 Å². The molecule has 2 N–H and O–H groups in total. The second-order valence-corrected chi connectivity index (χ2v) is 9.35. The van der Waals surface area contributed by atoms with Gasteiger partial charge in [-0.25, -0.2) is 4.68 Å². The summed E-state index contributed by atoms with van der Waals surface area (Å²) in [6.45, 7) is 1.76. The maximum Gasteiger partial charge on any atom is 0.294 e. The Morgan fingerprint density at radius 1 is 1.00 bits per heavy atom. The molecule has 30 heavy (non-hydrogen) atoms. The summed E-state index contributed by atoms with van der Waals surface area (Å²) in [6.07, 6.45) is 6.44. The average molecular weight is 406 g/mol. The van der Waals surface area contributed by atoms with E-state index in [1.165, 1.54) is 25.3 Å². The van der Waals surface area contributed by atoms with E-state index in [9.17, 15) is 14.4 Å². The fraction of sp³-hybridized carbons (Fsp3) is 0.478. The maximum absolute atomic E-state index is 13.0. The van der Waals surface area contributed by atoms with E-state index in [0.29, 0.717) is 23.4 Å². The topological polar surface area (TPSA) is 93.1 Å². The van der Waals surface area contributed by atoms with Crippen molar-refractivity contribution in [3.8, 4) is 5.69 Å². The van der Waals surface area contributed by atoms with Crippen molar-refractivity contribution >= 4 is 11.8 Å². The zero-order chi connectivity index (χ0) is 20.9. The predicted octanol–water partition coefficient (Wildman–Crippen LogP) is 2.52. The molecular weight excluding hydrogens is 380 g/mol. The van der Waals surface area contributed by atoms with Crippen LogP contribution in [0.5, 0.6) is 0 Å². The lowest BCUT2D eigenvalue weighted by Gasteiger charge is -2.55. The number of carbonyl (C=O) groups is 2. The van der Waals surface area contributed by atoms with Crippen LogP contribution in [0.1, 0.15) is 54.7 Å². The van der Waals surface area contributed by atoms with Gasteiger partial charge in [0.1, 0.15) is 0 Å². The zero-order valence-corrected chi connectivity index (χ0v) is 17.1. The van der Waals surface area contributed by atoms with Crippen LogP contribution in [0.4, 0.5) is 0 Å². The summed E-state index contributed by atoms with van der Waals surface area (Å²) in [5.41, 5.74) is 5.36. The van der Waals surface area contributed by atoms with Crippen LogP contribution in [0.15, 0.2) is 41.2 Å². The van der Waals surface area contributed by atoms with Gasteiger partial charge in [-0.1, -0.05) is 18.2 Å². The number of nitrogens with zero attached hydrogens (tertiary/aromatic N) is 2. The van der Waals surface area contributed by atoms with Crippen molar-refractivity contribution in [3.63, 3.8) is 0 Å². The van der Waals surface area contributed by atoms with Crippen molar-refractivity contribution in [2.75, 3.05) is 0 Å². The van der Waals surface area contributed by atoms with Crippen molar-refractivity contribution in [1.29, 1.82) is 0 Å². The Labute approximate surface area is 174 Å². The first kappa shape index (κ1) is 19.0. The molecule has 0 radical (unpaired) electrons. The third-order valence-corrected chi connectivity index (χ3v) is 7.13. The number of aromatic nitrogens is 2. The second-order valence-electron chi connectivity index (χ2n) is 9.35. The summed E-state index contributed by atoms with van der Waals surface area (Å²) < 4.78 is 1.55. The van der Waals surface area contributed by atoms with E-state index in [-0.39, 0.29) is 17.0 Å².